The molecule has 8 aromatic heterocycles. The zero-order valence-corrected chi connectivity index (χ0v) is 50.2. The van der Waals surface area contributed by atoms with Crippen molar-refractivity contribution in [2.24, 2.45) is 7.05 Å². The summed E-state index contributed by atoms with van der Waals surface area (Å²) in [4.78, 5) is 5.63. The largest absolute Gasteiger partial charge is 0.489 e. The number of hydrogen-bond donors (Lipinski definition) is 0. The number of para-hydroxylation sites is 4. The second kappa shape index (κ2) is 27.3. The summed E-state index contributed by atoms with van der Waals surface area (Å²) in [5.41, 5.74) is 13.5. The molecule has 0 saturated heterocycles. The van der Waals surface area contributed by atoms with Gasteiger partial charge in [-0.25, -0.2) is 4.98 Å². The van der Waals surface area contributed by atoms with E-state index in [0.717, 1.165) is 100.0 Å². The number of aryl methyl sites for hydroxylation is 1. The fourth-order valence-electron chi connectivity index (χ4n) is 10.9. The fourth-order valence-corrected chi connectivity index (χ4v) is 10.9. The Balaban J connectivity index is 0.000000108. The summed E-state index contributed by atoms with van der Waals surface area (Å²) in [7, 11) is 1.76. The highest BCUT2D eigenvalue weighted by Gasteiger charge is 2.18. The summed E-state index contributed by atoms with van der Waals surface area (Å²) in [5, 5.41) is 51.0. The summed E-state index contributed by atoms with van der Waals surface area (Å²) >= 11 is 0. The van der Waals surface area contributed by atoms with Gasteiger partial charge in [-0.1, -0.05) is 206 Å². The Labute approximate surface area is 531 Å². The molecule has 0 spiro atoms. The maximum Gasteiger partial charge on any atom is 0.237 e. The van der Waals surface area contributed by atoms with E-state index in [0.29, 0.717) is 56.3 Å². The smallest absolute Gasteiger partial charge is 0.237 e. The molecule has 0 aliphatic carbocycles. The van der Waals surface area contributed by atoms with E-state index in [1.54, 1.807) is 19.5 Å². The Morgan fingerprint density at radius 3 is 1.17 bits per heavy atom. The average Bonchev–Trinajstić information content (AvgIpc) is 1.89. The van der Waals surface area contributed by atoms with Gasteiger partial charge in [0.25, 0.3) is 0 Å². The minimum Gasteiger partial charge on any atom is -0.489 e. The lowest BCUT2D eigenvalue weighted by Gasteiger charge is -2.07. The second-order valence-electron chi connectivity index (χ2n) is 21.3. The summed E-state index contributed by atoms with van der Waals surface area (Å²) < 4.78 is 29.5. The highest BCUT2D eigenvalue weighted by molar-refractivity contribution is 5.96. The molecule has 0 bridgehead atoms. The first-order chi connectivity index (χ1) is 46.0. The molecule has 0 unspecified atom stereocenters. The van der Waals surface area contributed by atoms with Crippen molar-refractivity contribution in [1.29, 1.82) is 0 Å². The molecule has 0 saturated carbocycles. The molecule has 0 N–H and O–H groups in total. The average molecular weight is 1220 g/mol. The van der Waals surface area contributed by atoms with Gasteiger partial charge >= 0.3 is 0 Å². The molecular weight excluding hydrogens is 1170 g/mol. The predicted molar refractivity (Wildman–Crippen MR) is 352 cm³/mol. The van der Waals surface area contributed by atoms with Crippen molar-refractivity contribution < 1.29 is 18.0 Å². The molecule has 0 amide bonds. The van der Waals surface area contributed by atoms with Crippen LogP contribution < -0.4 is 4.74 Å². The zero-order chi connectivity index (χ0) is 62.6. The monoisotopic (exact) mass is 1220 g/mol. The van der Waals surface area contributed by atoms with Crippen LogP contribution in [0, 0.1) is 0 Å². The topological polar surface area (TPSA) is 228 Å². The van der Waals surface area contributed by atoms with Crippen LogP contribution in [-0.4, -0.2) is 84.7 Å². The second-order valence-corrected chi connectivity index (χ2v) is 21.3. The summed E-state index contributed by atoms with van der Waals surface area (Å²) in [5.74, 6) is 3.17. The van der Waals surface area contributed by atoms with Crippen LogP contribution >= 0.6 is 0 Å². The first kappa shape index (κ1) is 57.9. The number of tetrazole rings is 1. The van der Waals surface area contributed by atoms with Crippen molar-refractivity contribution in [3.63, 3.8) is 0 Å². The number of benzene rings is 9. The molecule has 17 aromatic rings. The molecule has 9 aromatic carbocycles. The van der Waals surface area contributed by atoms with E-state index in [9.17, 15) is 0 Å². The first-order valence-corrected chi connectivity index (χ1v) is 29.9. The van der Waals surface area contributed by atoms with Gasteiger partial charge in [-0.15, -0.1) is 30.6 Å². The minimum atomic E-state index is 0.421. The number of nitrogens with zero attached hydrogens (tertiary/aromatic N) is 17. The SMILES string of the molecule is Cn1nnc(Cn2nc(-c3ccccc3)c3ccccc32)n1.c1ccc(-c2nn(Cc3ncco3)c3ccccc23)cc1.c1ccc(-c2nn(Cc3nnco3)c3ccccc23)cc1.c1ccc(COc2cccc(-c3nn(Cc4nnco4)c4ccccc34)c2)cc1. The van der Waals surface area contributed by atoms with Gasteiger partial charge in [0.15, 0.2) is 5.82 Å². The van der Waals surface area contributed by atoms with Crippen molar-refractivity contribution >= 4 is 43.6 Å². The lowest BCUT2D eigenvalue weighted by molar-refractivity contribution is 0.306. The van der Waals surface area contributed by atoms with Gasteiger partial charge in [-0.2, -0.15) is 25.2 Å². The summed E-state index contributed by atoms with van der Waals surface area (Å²) in [6.45, 7) is 2.44. The maximum absolute atomic E-state index is 5.99. The van der Waals surface area contributed by atoms with Crippen LogP contribution in [-0.2, 0) is 39.8 Å². The van der Waals surface area contributed by atoms with Gasteiger partial charge in [-0.3, -0.25) is 18.7 Å². The Morgan fingerprint density at radius 2 is 0.763 bits per heavy atom. The van der Waals surface area contributed by atoms with Crippen LogP contribution in [0.25, 0.3) is 88.6 Å². The molecule has 0 radical (unpaired) electrons. The number of hydrogen-bond acceptors (Lipinski definition) is 16. The van der Waals surface area contributed by atoms with Crippen molar-refractivity contribution in [1.82, 2.24) is 84.7 Å². The van der Waals surface area contributed by atoms with Crippen molar-refractivity contribution in [3.8, 4) is 50.8 Å². The van der Waals surface area contributed by atoms with E-state index in [2.05, 4.69) is 126 Å². The molecule has 17 rings (SSSR count). The Kier molecular flexibility index (Phi) is 17.0. The number of aromatic nitrogens is 17. The van der Waals surface area contributed by atoms with Crippen molar-refractivity contribution in [2.45, 2.75) is 32.8 Å². The Morgan fingerprint density at radius 1 is 0.366 bits per heavy atom. The van der Waals surface area contributed by atoms with E-state index in [1.165, 1.54) is 17.6 Å². The molecule has 0 aliphatic rings. The molecule has 93 heavy (non-hydrogen) atoms. The quantitative estimate of drug-likeness (QED) is 0.0929. The van der Waals surface area contributed by atoms with Gasteiger partial charge in [0.2, 0.25) is 30.5 Å². The number of oxazole rings is 1. The van der Waals surface area contributed by atoms with Crippen LogP contribution in [0.3, 0.4) is 0 Å². The van der Waals surface area contributed by atoms with E-state index in [-0.39, 0.29) is 0 Å². The zero-order valence-electron chi connectivity index (χ0n) is 50.2. The third-order valence-corrected chi connectivity index (χ3v) is 15.1. The van der Waals surface area contributed by atoms with Gasteiger partial charge in [0.05, 0.1) is 35.3 Å². The van der Waals surface area contributed by atoms with Crippen LogP contribution in [0.15, 0.2) is 281 Å². The highest BCUT2D eigenvalue weighted by Crippen LogP contribution is 2.33. The molecular formula is C72H57N17O4. The highest BCUT2D eigenvalue weighted by atomic mass is 16.5. The van der Waals surface area contributed by atoms with Gasteiger partial charge in [-0.05, 0) is 47.2 Å². The van der Waals surface area contributed by atoms with E-state index in [4.69, 9.17) is 38.4 Å². The molecule has 21 nitrogen and oxygen atoms in total. The third kappa shape index (κ3) is 13.3. The van der Waals surface area contributed by atoms with E-state index >= 15 is 0 Å². The fraction of sp³-hybridized carbons (Fsp3) is 0.0833. The van der Waals surface area contributed by atoms with Gasteiger partial charge < -0.3 is 18.0 Å². The van der Waals surface area contributed by atoms with E-state index in [1.807, 2.05) is 176 Å². The van der Waals surface area contributed by atoms with Crippen molar-refractivity contribution in [2.75, 3.05) is 0 Å². The van der Waals surface area contributed by atoms with E-state index < -0.39 is 0 Å². The molecule has 21 heteroatoms. The molecule has 0 atom stereocenters. The lowest BCUT2D eigenvalue weighted by Crippen LogP contribution is -2.04. The van der Waals surface area contributed by atoms with Crippen molar-refractivity contribution in [3.05, 3.63) is 297 Å². The third-order valence-electron chi connectivity index (χ3n) is 15.1. The first-order valence-electron chi connectivity index (χ1n) is 29.9. The lowest BCUT2D eigenvalue weighted by atomic mass is 10.1. The minimum absolute atomic E-state index is 0.421. The Hall–Kier alpha value is -12.8. The molecule has 454 valence electrons. The van der Waals surface area contributed by atoms with Crippen LogP contribution in [0.5, 0.6) is 5.75 Å². The standard InChI is InChI=1S/C23H18N4O2.C17H13N3O.C16H14N6.C16H12N4O/c1-2-7-17(8-3-1)15-28-19-10-6-9-18(13-19)23-20-11-4-5-12-21(20)27(26-23)14-22-25-24-16-29-22;1-2-6-13(7-3-1)17-14-8-4-5-9-15(14)20(19-17)12-16-18-10-11-21-16;1-21-18-15(17-20-21)11-22-14-10-6-5-9-13(14)16(19-22)12-7-3-2-4-8-12;1-2-6-12(7-3-1)16-13-8-4-5-9-14(13)20(19-16)10-15-18-17-11-21-15/h1-13,16H,14-15H2;1-11H,12H2;2-10H,11H2,1H3;1-9,11H,10H2. The van der Waals surface area contributed by atoms with Crippen LogP contribution in [0.4, 0.5) is 0 Å². The van der Waals surface area contributed by atoms with Crippen LogP contribution in [0.2, 0.25) is 0 Å². The normalized spacial score (nSPS) is 11.1. The summed E-state index contributed by atoms with van der Waals surface area (Å²) in [6.07, 6.45) is 5.90. The molecule has 0 fully saturated rings. The number of fused-ring (bicyclic) bond motifs is 4. The maximum atomic E-state index is 5.99. The number of ether oxygens (including phenoxy) is 1. The van der Waals surface area contributed by atoms with Gasteiger partial charge in [0, 0.05) is 43.8 Å². The molecule has 0 aliphatic heterocycles. The van der Waals surface area contributed by atoms with Crippen LogP contribution in [0.1, 0.15) is 29.1 Å². The van der Waals surface area contributed by atoms with Gasteiger partial charge in [0.1, 0.15) is 67.6 Å². The number of rotatable bonds is 15. The molecule has 8 heterocycles. The Bertz CT molecular complexity index is 5030. The predicted octanol–water partition coefficient (Wildman–Crippen LogP) is 13.9. The summed E-state index contributed by atoms with van der Waals surface area (Å²) in [6, 6.07) is 81.4.